The molecule has 0 aromatic rings. The Labute approximate surface area is 357 Å². The van der Waals surface area contributed by atoms with Gasteiger partial charge in [0.2, 0.25) is 5.60 Å². The predicted octanol–water partition coefficient (Wildman–Crippen LogP) is -12.0. The molecule has 1 fully saturated rings. The monoisotopic (exact) mass is 956 g/mol. The van der Waals surface area contributed by atoms with E-state index in [1.54, 1.807) is 17.8 Å². The summed E-state index contributed by atoms with van der Waals surface area (Å²) in [5.41, 5.74) is -9.58. The Balaban J connectivity index is -0.0000000924. The Morgan fingerprint density at radius 3 is 1.31 bits per heavy atom. The summed E-state index contributed by atoms with van der Waals surface area (Å²) in [5, 5.41) is 133. The molecule has 0 aromatic carbocycles. The molecule has 1 saturated heterocycles. The van der Waals surface area contributed by atoms with E-state index in [0.29, 0.717) is 6.29 Å². The molecule has 0 bridgehead atoms. The summed E-state index contributed by atoms with van der Waals surface area (Å²) in [5.74, 6) is 9.04. The number of aliphatic hydroxyl groups is 12. The summed E-state index contributed by atoms with van der Waals surface area (Å²) in [6.07, 6.45) is 19.0. The number of aliphatic hydroxyl groups excluding tert-OH is 7. The van der Waals surface area contributed by atoms with E-state index < -0.39 is 118 Å². The van der Waals surface area contributed by atoms with Gasteiger partial charge in [-0.3, -0.25) is 18.5 Å². The van der Waals surface area contributed by atoms with Crippen molar-refractivity contribution in [2.75, 3.05) is 39.6 Å². The summed E-state index contributed by atoms with van der Waals surface area (Å²) < 4.78 is 29.8. The first kappa shape index (κ1) is 75.6. The van der Waals surface area contributed by atoms with Gasteiger partial charge in [0, 0.05) is 12.8 Å². The molecular weight excluding hydrogens is 913 g/mol. The largest absolute Gasteiger partial charge is 0.772 e. The van der Waals surface area contributed by atoms with Crippen molar-refractivity contribution in [3.05, 3.63) is 0 Å². The zero-order chi connectivity index (χ0) is 51.1. The van der Waals surface area contributed by atoms with Crippen LogP contribution in [0.5, 0.6) is 0 Å². The van der Waals surface area contributed by atoms with Gasteiger partial charge in [-0.2, -0.15) is 0 Å². The van der Waals surface area contributed by atoms with E-state index >= 15 is 0 Å². The molecule has 62 heavy (non-hydrogen) atoms. The lowest BCUT2D eigenvalue weighted by Crippen LogP contribution is -2.46. The van der Waals surface area contributed by atoms with Crippen molar-refractivity contribution in [1.29, 1.82) is 0 Å². The van der Waals surface area contributed by atoms with Crippen LogP contribution in [0.15, 0.2) is 0 Å². The Morgan fingerprint density at radius 1 is 0.758 bits per heavy atom. The highest BCUT2D eigenvalue weighted by Gasteiger charge is 2.46. The summed E-state index contributed by atoms with van der Waals surface area (Å²) in [6.45, 7) is -2.59. The molecule has 1 unspecified atom stereocenters. The maximum absolute atomic E-state index is 9.92. The fourth-order valence-electron chi connectivity index (χ4n) is 2.29. The van der Waals surface area contributed by atoms with E-state index in [1.165, 1.54) is 6.92 Å². The Hall–Kier alpha value is -3.77. The fourth-order valence-corrected chi connectivity index (χ4v) is 2.29. The minimum absolute atomic E-state index is 0.00639. The molecule has 0 radical (unpaired) electrons. The van der Waals surface area contributed by atoms with Gasteiger partial charge in [-0.1, -0.05) is 29.6 Å². The van der Waals surface area contributed by atoms with Crippen LogP contribution >= 0.6 is 26.1 Å². The molecule has 0 aromatic heterocycles. The summed E-state index contributed by atoms with van der Waals surface area (Å²) in [4.78, 5) is 63.7. The van der Waals surface area contributed by atoms with Crippen molar-refractivity contribution >= 4 is 44.9 Å². The molecule has 7 atom stereocenters. The topological polar surface area (TPSA) is 520 Å². The van der Waals surface area contributed by atoms with Crippen LogP contribution in [0.1, 0.15) is 19.8 Å². The Bertz CT molecular complexity index is 1350. The highest BCUT2D eigenvalue weighted by atomic mass is 31.1. The molecule has 0 amide bonds. The van der Waals surface area contributed by atoms with E-state index in [0.717, 1.165) is 6.29 Å². The van der Waals surface area contributed by atoms with Crippen LogP contribution in [0.4, 0.5) is 0 Å². The third-order valence-electron chi connectivity index (χ3n) is 5.66. The predicted molar refractivity (Wildman–Crippen MR) is 189 cm³/mol. The van der Waals surface area contributed by atoms with Gasteiger partial charge >= 0.3 is 0 Å². The van der Waals surface area contributed by atoms with Gasteiger partial charge in [0.25, 0.3) is 0 Å². The van der Waals surface area contributed by atoms with Gasteiger partial charge in [0.15, 0.2) is 41.3 Å². The van der Waals surface area contributed by atoms with E-state index in [1.807, 2.05) is 5.92 Å². The van der Waals surface area contributed by atoms with E-state index in [2.05, 4.69) is 33.4 Å². The molecule has 0 saturated carbocycles. The first-order valence-corrected chi connectivity index (χ1v) is 17.1. The quantitative estimate of drug-likeness (QED) is 0.0192. The second kappa shape index (κ2) is 48.3. The highest BCUT2D eigenvalue weighted by Crippen LogP contribution is 2.29. The zero-order valence-electron chi connectivity index (χ0n) is 31.8. The minimum atomic E-state index is -2.22. The molecule has 1 aliphatic heterocycles. The fraction of sp³-hybridized carbons (Fsp3) is 0.581. The van der Waals surface area contributed by atoms with Crippen LogP contribution in [0.2, 0.25) is 0 Å². The first-order chi connectivity index (χ1) is 28.8. The molecule has 0 aliphatic carbocycles. The van der Waals surface area contributed by atoms with Crippen LogP contribution in [0, 0.1) is 61.7 Å². The lowest BCUT2D eigenvalue weighted by molar-refractivity contribution is -0.693. The molecule has 12 N–H and O–H groups in total. The van der Waals surface area contributed by atoms with Crippen LogP contribution < -0.4 is 30.5 Å². The lowest BCUT2D eigenvalue weighted by atomic mass is 9.97. The second-order valence-electron chi connectivity index (χ2n) is 9.87. The van der Waals surface area contributed by atoms with Gasteiger partial charge in [0.05, 0.1) is 65.7 Å². The molecule has 31 heteroatoms. The molecule has 1 heterocycles. The first-order valence-electron chi connectivity index (χ1n) is 14.9. The molecule has 0 spiro atoms. The lowest BCUT2D eigenvalue weighted by Gasteiger charge is -2.27. The number of carbonyl (C=O) groups excluding carboxylic acids is 3. The van der Waals surface area contributed by atoms with Gasteiger partial charge < -0.3 is 121 Å². The summed E-state index contributed by atoms with van der Waals surface area (Å²) >= 11 is 0. The van der Waals surface area contributed by atoms with Crippen LogP contribution in [-0.4, -0.2) is 173 Å². The molecule has 356 valence electrons. The maximum atomic E-state index is 9.92. The standard InChI is InChI=1S/2C7H10O5.C5H6O4.C5H8O4.C5H8O3.C2H4O.3HO2P/c1-2-7(4-11-10)5(8)3-6(9)12-7;1-2-7(10,5-12-11)6(9)3-4-8;1-2-5(7,3-6)4-9-8;1-2-5(9,3-6)4(7)8;1-2-5(8,3-6)4-7;1-2-3;3*1-3-2/h1,5-6,8-10H,3-4H2;1,4,6,9-11H,3,5H2;1,3,7-8H,4H2;1,4,6-9H,3H2;1,6-8H,3-4H2;2H,1H3;3*(H,1,2)/p-6/t5-,6?,7+;6-,7+;2*5-;;;;;/m0001...../s1. The summed E-state index contributed by atoms with van der Waals surface area (Å²) in [6, 6.07) is 0. The van der Waals surface area contributed by atoms with E-state index in [-0.39, 0.29) is 19.1 Å². The van der Waals surface area contributed by atoms with Crippen molar-refractivity contribution < 1.29 is 139 Å². The number of hydrogen-bond acceptors (Lipinski definition) is 28. The van der Waals surface area contributed by atoms with Gasteiger partial charge in [-0.15, -0.1) is 32.1 Å². The number of hydrogen-bond donors (Lipinski definition) is 12. The Morgan fingerprint density at radius 2 is 1.16 bits per heavy atom. The maximum Gasteiger partial charge on any atom is 0.203 e. The van der Waals surface area contributed by atoms with E-state index in [4.69, 9.17) is 108 Å². The van der Waals surface area contributed by atoms with Crippen molar-refractivity contribution in [2.24, 2.45) is 0 Å². The van der Waals surface area contributed by atoms with Crippen LogP contribution in [0.3, 0.4) is 0 Å². The second-order valence-corrected chi connectivity index (χ2v) is 10.3. The van der Waals surface area contributed by atoms with Gasteiger partial charge in [-0.05, 0) is 6.92 Å². The molecular formula is C31H43O28P3-6. The van der Waals surface area contributed by atoms with Crippen molar-refractivity contribution in [1.82, 2.24) is 0 Å². The SMILES string of the molecule is C#CC(O)(CO)CO.C#C[C@@](O)(CO)C(O)O.C#C[C@@](O)(CO[O-])[C@@H](O)CC=O.C#C[C@](O)(C=O)CO[O-].C#C[C@]1(CO[O-])OC(O)C[C@@H]1O.CC=O.O=P[O-].O=P[O-].O=P[O-]. The Kier molecular flexibility index (Phi) is 58.8. The summed E-state index contributed by atoms with van der Waals surface area (Å²) in [7, 11) is -3.25. The number of ether oxygens (including phenoxy) is 1. The normalized spacial score (nSPS) is 18.7. The number of carbonyl (C=O) groups is 3. The van der Waals surface area contributed by atoms with Gasteiger partial charge in [-0.25, -0.2) is 0 Å². The highest BCUT2D eigenvalue weighted by molar-refractivity contribution is 7.14. The smallest absolute Gasteiger partial charge is 0.203 e. The third-order valence-corrected chi connectivity index (χ3v) is 5.66. The molecule has 1 aliphatic rings. The van der Waals surface area contributed by atoms with Crippen LogP contribution in [-0.2, 0) is 47.5 Å². The average Bonchev–Trinajstić information content (AvgIpc) is 3.54. The zero-order valence-corrected chi connectivity index (χ0v) is 34.5. The third kappa shape index (κ3) is 40.3. The number of rotatable bonds is 14. The van der Waals surface area contributed by atoms with E-state index in [9.17, 15) is 35.6 Å². The van der Waals surface area contributed by atoms with Crippen molar-refractivity contribution in [3.8, 4) is 61.7 Å². The van der Waals surface area contributed by atoms with Gasteiger partial charge in [0.1, 0.15) is 24.8 Å². The number of terminal acetylenes is 5. The molecule has 1 rings (SSSR count). The van der Waals surface area contributed by atoms with Crippen LogP contribution in [0.25, 0.3) is 0 Å². The van der Waals surface area contributed by atoms with Crippen molar-refractivity contribution in [3.63, 3.8) is 0 Å². The van der Waals surface area contributed by atoms with Crippen molar-refractivity contribution in [2.45, 2.75) is 72.6 Å². The number of aldehydes is 3. The minimum Gasteiger partial charge on any atom is -0.772 e. The molecule has 28 nitrogen and oxygen atoms in total. The average molecular weight is 957 g/mol.